The molecule has 0 unspecified atom stereocenters. The second-order valence-electron chi connectivity index (χ2n) is 6.31. The molecular formula is C17H19N7O. The third-order valence-corrected chi connectivity index (χ3v) is 4.62. The largest absolute Gasteiger partial charge is 0.507 e. The zero-order chi connectivity index (χ0) is 17.4. The standard InChI is InChI=1S/C17H19N7O/c1-23(13-6-11(18)7-13)17-20-9-15(21-22-17)14-3-2-12(8-16(14)25)24-5-4-19-10-24/h2-5,8-11,13,25H,6-7,18H2,1H3. The Labute approximate surface area is 145 Å². The van der Waals surface area contributed by atoms with Crippen molar-refractivity contribution in [2.45, 2.75) is 24.9 Å². The highest BCUT2D eigenvalue weighted by molar-refractivity contribution is 5.68. The summed E-state index contributed by atoms with van der Waals surface area (Å²) < 4.78 is 1.81. The Kier molecular flexibility index (Phi) is 3.81. The molecule has 25 heavy (non-hydrogen) atoms. The van der Waals surface area contributed by atoms with Gasteiger partial charge in [0.15, 0.2) is 0 Å². The van der Waals surface area contributed by atoms with Crippen molar-refractivity contribution < 1.29 is 5.11 Å². The molecule has 0 bridgehead atoms. The van der Waals surface area contributed by atoms with E-state index in [4.69, 9.17) is 5.73 Å². The molecule has 0 radical (unpaired) electrons. The van der Waals surface area contributed by atoms with Crippen LogP contribution in [-0.4, -0.2) is 49.0 Å². The first kappa shape index (κ1) is 15.5. The lowest BCUT2D eigenvalue weighted by atomic mass is 9.87. The summed E-state index contributed by atoms with van der Waals surface area (Å²) in [5.74, 6) is 0.684. The maximum absolute atomic E-state index is 10.3. The molecule has 1 aromatic carbocycles. The zero-order valence-corrected chi connectivity index (χ0v) is 13.8. The molecule has 0 saturated heterocycles. The number of aromatic nitrogens is 5. The summed E-state index contributed by atoms with van der Waals surface area (Å²) in [7, 11) is 1.95. The van der Waals surface area contributed by atoms with Crippen LogP contribution in [0.3, 0.4) is 0 Å². The van der Waals surface area contributed by atoms with Gasteiger partial charge in [-0.2, -0.15) is 0 Å². The van der Waals surface area contributed by atoms with Gasteiger partial charge in [-0.25, -0.2) is 9.97 Å². The summed E-state index contributed by atoms with van der Waals surface area (Å²) in [6.45, 7) is 0. The number of hydrogen-bond donors (Lipinski definition) is 2. The molecule has 3 aromatic rings. The highest BCUT2D eigenvalue weighted by Crippen LogP contribution is 2.30. The first-order valence-corrected chi connectivity index (χ1v) is 8.11. The van der Waals surface area contributed by atoms with Crippen LogP contribution in [0.15, 0.2) is 43.1 Å². The Morgan fingerprint density at radius 3 is 2.72 bits per heavy atom. The van der Waals surface area contributed by atoms with E-state index < -0.39 is 0 Å². The summed E-state index contributed by atoms with van der Waals surface area (Å²) in [6, 6.07) is 5.98. The highest BCUT2D eigenvalue weighted by atomic mass is 16.3. The lowest BCUT2D eigenvalue weighted by Gasteiger charge is -2.39. The predicted octanol–water partition coefficient (Wildman–Crippen LogP) is 1.36. The fraction of sp³-hybridized carbons (Fsp3) is 0.294. The number of phenols is 1. The average Bonchev–Trinajstić information content (AvgIpc) is 3.13. The highest BCUT2D eigenvalue weighted by Gasteiger charge is 2.30. The molecule has 8 nitrogen and oxygen atoms in total. The monoisotopic (exact) mass is 337 g/mol. The van der Waals surface area contributed by atoms with Crippen molar-refractivity contribution >= 4 is 5.95 Å². The van der Waals surface area contributed by atoms with Crippen molar-refractivity contribution in [2.24, 2.45) is 5.73 Å². The lowest BCUT2D eigenvalue weighted by molar-refractivity contribution is 0.336. The quantitative estimate of drug-likeness (QED) is 0.740. The van der Waals surface area contributed by atoms with Crippen LogP contribution in [0.25, 0.3) is 16.9 Å². The van der Waals surface area contributed by atoms with Crippen LogP contribution in [0.2, 0.25) is 0 Å². The number of hydrogen-bond acceptors (Lipinski definition) is 7. The Hall–Kier alpha value is -3.00. The Balaban J connectivity index is 1.56. The van der Waals surface area contributed by atoms with Crippen LogP contribution >= 0.6 is 0 Å². The van der Waals surface area contributed by atoms with Crippen molar-refractivity contribution in [3.05, 3.63) is 43.1 Å². The number of nitrogens with zero attached hydrogens (tertiary/aromatic N) is 6. The van der Waals surface area contributed by atoms with Crippen LogP contribution < -0.4 is 10.6 Å². The van der Waals surface area contributed by atoms with Crippen molar-refractivity contribution in [1.29, 1.82) is 0 Å². The minimum Gasteiger partial charge on any atom is -0.507 e. The molecule has 1 aliphatic carbocycles. The predicted molar refractivity (Wildman–Crippen MR) is 93.5 cm³/mol. The second kappa shape index (κ2) is 6.14. The minimum atomic E-state index is 0.119. The molecule has 3 N–H and O–H groups in total. The van der Waals surface area contributed by atoms with Crippen LogP contribution in [-0.2, 0) is 0 Å². The topological polar surface area (TPSA) is 106 Å². The molecule has 0 aliphatic heterocycles. The molecule has 4 rings (SSSR count). The molecule has 1 saturated carbocycles. The summed E-state index contributed by atoms with van der Waals surface area (Å²) in [6.07, 6.45) is 8.68. The molecule has 2 heterocycles. The van der Waals surface area contributed by atoms with Gasteiger partial charge in [0, 0.05) is 43.2 Å². The SMILES string of the molecule is CN(c1ncc(-c2ccc(-n3ccnc3)cc2O)nn1)C1CC(N)C1. The summed E-state index contributed by atoms with van der Waals surface area (Å²) in [4.78, 5) is 10.4. The van der Waals surface area contributed by atoms with Gasteiger partial charge in [-0.3, -0.25) is 0 Å². The van der Waals surface area contributed by atoms with E-state index in [0.717, 1.165) is 18.5 Å². The van der Waals surface area contributed by atoms with Gasteiger partial charge < -0.3 is 20.3 Å². The van der Waals surface area contributed by atoms with Gasteiger partial charge in [-0.05, 0) is 25.0 Å². The van der Waals surface area contributed by atoms with Crippen LogP contribution in [0, 0.1) is 0 Å². The molecule has 128 valence electrons. The van der Waals surface area contributed by atoms with Crippen LogP contribution in [0.4, 0.5) is 5.95 Å². The van der Waals surface area contributed by atoms with Gasteiger partial charge >= 0.3 is 0 Å². The lowest BCUT2D eigenvalue weighted by Crippen LogP contribution is -2.49. The summed E-state index contributed by atoms with van der Waals surface area (Å²) in [5.41, 5.74) is 7.76. The van der Waals surface area contributed by atoms with E-state index >= 15 is 0 Å². The zero-order valence-electron chi connectivity index (χ0n) is 13.8. The molecule has 1 fully saturated rings. The Morgan fingerprint density at radius 1 is 1.28 bits per heavy atom. The molecule has 0 amide bonds. The van der Waals surface area contributed by atoms with Gasteiger partial charge in [0.1, 0.15) is 11.4 Å². The van der Waals surface area contributed by atoms with E-state index in [1.165, 1.54) is 0 Å². The van der Waals surface area contributed by atoms with Crippen molar-refractivity contribution in [1.82, 2.24) is 24.7 Å². The van der Waals surface area contributed by atoms with Crippen molar-refractivity contribution in [3.63, 3.8) is 0 Å². The average molecular weight is 337 g/mol. The Bertz CT molecular complexity index is 857. The number of nitrogens with two attached hydrogens (primary N) is 1. The Morgan fingerprint density at radius 2 is 2.12 bits per heavy atom. The molecule has 0 spiro atoms. The van der Waals surface area contributed by atoms with E-state index in [2.05, 4.69) is 20.2 Å². The van der Waals surface area contributed by atoms with Crippen LogP contribution in [0.1, 0.15) is 12.8 Å². The molecule has 1 aliphatic rings. The molecule has 8 heteroatoms. The van der Waals surface area contributed by atoms with Gasteiger partial charge in [-0.1, -0.05) is 0 Å². The molecule has 2 aromatic heterocycles. The molecular weight excluding hydrogens is 318 g/mol. The van der Waals surface area contributed by atoms with Gasteiger partial charge in [0.2, 0.25) is 5.95 Å². The molecule has 0 atom stereocenters. The first-order chi connectivity index (χ1) is 12.1. The second-order valence-corrected chi connectivity index (χ2v) is 6.31. The third-order valence-electron chi connectivity index (χ3n) is 4.62. The fourth-order valence-electron chi connectivity index (χ4n) is 2.97. The van der Waals surface area contributed by atoms with E-state index in [-0.39, 0.29) is 11.8 Å². The fourth-order valence-corrected chi connectivity index (χ4v) is 2.97. The van der Waals surface area contributed by atoms with Gasteiger partial charge in [-0.15, -0.1) is 10.2 Å². The number of benzene rings is 1. The van der Waals surface area contributed by atoms with Crippen molar-refractivity contribution in [3.8, 4) is 22.7 Å². The van der Waals surface area contributed by atoms with E-state index in [1.807, 2.05) is 28.8 Å². The van der Waals surface area contributed by atoms with E-state index in [0.29, 0.717) is 23.2 Å². The van der Waals surface area contributed by atoms with E-state index in [1.54, 1.807) is 30.9 Å². The number of phenolic OH excluding ortho intramolecular Hbond substituents is 1. The summed E-state index contributed by atoms with van der Waals surface area (Å²) in [5, 5.41) is 18.7. The normalized spacial score (nSPS) is 19.4. The maximum atomic E-state index is 10.3. The van der Waals surface area contributed by atoms with E-state index in [9.17, 15) is 5.11 Å². The van der Waals surface area contributed by atoms with Gasteiger partial charge in [0.25, 0.3) is 0 Å². The number of aromatic hydroxyl groups is 1. The minimum absolute atomic E-state index is 0.119. The number of imidazole rings is 1. The maximum Gasteiger partial charge on any atom is 0.245 e. The van der Waals surface area contributed by atoms with Gasteiger partial charge in [0.05, 0.1) is 18.2 Å². The first-order valence-electron chi connectivity index (χ1n) is 8.11. The number of anilines is 1. The third kappa shape index (κ3) is 2.91. The number of rotatable bonds is 4. The summed E-state index contributed by atoms with van der Waals surface area (Å²) >= 11 is 0. The van der Waals surface area contributed by atoms with Crippen molar-refractivity contribution in [2.75, 3.05) is 11.9 Å². The van der Waals surface area contributed by atoms with Crippen LogP contribution in [0.5, 0.6) is 5.75 Å². The smallest absolute Gasteiger partial charge is 0.245 e.